The molecule has 0 saturated carbocycles. The zero-order valence-electron chi connectivity index (χ0n) is 11.3. The van der Waals surface area contributed by atoms with Crippen LogP contribution in [0, 0.1) is 11.6 Å². The van der Waals surface area contributed by atoms with Crippen molar-refractivity contribution in [2.24, 2.45) is 0 Å². The van der Waals surface area contributed by atoms with Crippen LogP contribution in [0.1, 0.15) is 29.8 Å². The Morgan fingerprint density at radius 3 is 2.20 bits per heavy atom. The van der Waals surface area contributed by atoms with E-state index in [0.717, 1.165) is 11.6 Å². The molecule has 20 heavy (non-hydrogen) atoms. The standard InChI is InChI=1S/C16H15F2NO/c1-16(2,10-3-6-12(19)7-4-10)15(20)13-8-5-11(17)9-14(13)18/h3-9H,19H2,1-2H3. The van der Waals surface area contributed by atoms with Gasteiger partial charge < -0.3 is 5.73 Å². The number of nitrogens with two attached hydrogens (primary N) is 1. The van der Waals surface area contributed by atoms with Gasteiger partial charge in [0.15, 0.2) is 5.78 Å². The van der Waals surface area contributed by atoms with E-state index in [-0.39, 0.29) is 5.56 Å². The molecule has 0 aromatic heterocycles. The maximum absolute atomic E-state index is 13.7. The number of benzene rings is 2. The lowest BCUT2D eigenvalue weighted by Gasteiger charge is -2.24. The van der Waals surface area contributed by atoms with E-state index < -0.39 is 22.8 Å². The average molecular weight is 275 g/mol. The first-order valence-corrected chi connectivity index (χ1v) is 6.18. The molecule has 2 aromatic rings. The molecule has 0 atom stereocenters. The summed E-state index contributed by atoms with van der Waals surface area (Å²) in [7, 11) is 0. The highest BCUT2D eigenvalue weighted by molar-refractivity contribution is 6.03. The van der Waals surface area contributed by atoms with Crippen LogP contribution in [0.4, 0.5) is 14.5 Å². The Kier molecular flexibility index (Phi) is 3.57. The predicted octanol–water partition coefficient (Wildman–Crippen LogP) is 3.71. The SMILES string of the molecule is CC(C)(C(=O)c1ccc(F)cc1F)c1ccc(N)cc1. The van der Waals surface area contributed by atoms with Gasteiger partial charge >= 0.3 is 0 Å². The number of nitrogen functional groups attached to an aromatic ring is 1. The van der Waals surface area contributed by atoms with Crippen molar-refractivity contribution in [1.29, 1.82) is 0 Å². The summed E-state index contributed by atoms with van der Waals surface area (Å²) in [6, 6.07) is 9.80. The minimum atomic E-state index is -0.924. The highest BCUT2D eigenvalue weighted by Gasteiger charge is 2.32. The van der Waals surface area contributed by atoms with Gasteiger partial charge in [-0.2, -0.15) is 0 Å². The Morgan fingerprint density at radius 1 is 1.05 bits per heavy atom. The fourth-order valence-corrected chi connectivity index (χ4v) is 2.04. The summed E-state index contributed by atoms with van der Waals surface area (Å²) in [4.78, 5) is 12.5. The first-order valence-electron chi connectivity index (χ1n) is 6.18. The monoisotopic (exact) mass is 275 g/mol. The fourth-order valence-electron chi connectivity index (χ4n) is 2.04. The Balaban J connectivity index is 2.42. The molecule has 0 saturated heterocycles. The lowest BCUT2D eigenvalue weighted by atomic mass is 9.78. The van der Waals surface area contributed by atoms with E-state index in [1.54, 1.807) is 38.1 Å². The number of ketones is 1. The summed E-state index contributed by atoms with van der Waals surface area (Å²) in [6.07, 6.45) is 0. The quantitative estimate of drug-likeness (QED) is 0.685. The van der Waals surface area contributed by atoms with Crippen LogP contribution in [-0.2, 0) is 5.41 Å². The van der Waals surface area contributed by atoms with Gasteiger partial charge in [0.1, 0.15) is 11.6 Å². The van der Waals surface area contributed by atoms with Gasteiger partial charge in [0, 0.05) is 11.8 Å². The summed E-state index contributed by atoms with van der Waals surface area (Å²) in [6.45, 7) is 3.40. The molecule has 104 valence electrons. The number of Topliss-reactive ketones (excluding diaryl/α,β-unsaturated/α-hetero) is 1. The van der Waals surface area contributed by atoms with Crippen molar-refractivity contribution in [1.82, 2.24) is 0 Å². The number of hydrogen-bond acceptors (Lipinski definition) is 2. The van der Waals surface area contributed by atoms with Crippen LogP contribution >= 0.6 is 0 Å². The first-order chi connectivity index (χ1) is 9.32. The van der Waals surface area contributed by atoms with Gasteiger partial charge in [-0.05, 0) is 43.7 Å². The van der Waals surface area contributed by atoms with E-state index in [0.29, 0.717) is 11.8 Å². The summed E-state index contributed by atoms with van der Waals surface area (Å²) < 4.78 is 26.6. The minimum Gasteiger partial charge on any atom is -0.399 e. The fraction of sp³-hybridized carbons (Fsp3) is 0.188. The highest BCUT2D eigenvalue weighted by Crippen LogP contribution is 2.29. The Bertz CT molecular complexity index is 648. The molecule has 0 aliphatic carbocycles. The Hall–Kier alpha value is -2.23. The zero-order chi connectivity index (χ0) is 14.9. The van der Waals surface area contributed by atoms with Crippen molar-refractivity contribution >= 4 is 11.5 Å². The van der Waals surface area contributed by atoms with Crippen LogP contribution in [0.2, 0.25) is 0 Å². The second-order valence-corrected chi connectivity index (χ2v) is 5.20. The van der Waals surface area contributed by atoms with Crippen LogP contribution in [0.5, 0.6) is 0 Å². The van der Waals surface area contributed by atoms with E-state index in [2.05, 4.69) is 0 Å². The third-order valence-electron chi connectivity index (χ3n) is 3.38. The van der Waals surface area contributed by atoms with E-state index in [1.165, 1.54) is 6.07 Å². The van der Waals surface area contributed by atoms with Gasteiger partial charge in [-0.1, -0.05) is 12.1 Å². The van der Waals surface area contributed by atoms with Gasteiger partial charge in [0.2, 0.25) is 0 Å². The third-order valence-corrected chi connectivity index (χ3v) is 3.38. The Morgan fingerprint density at radius 2 is 1.65 bits per heavy atom. The lowest BCUT2D eigenvalue weighted by molar-refractivity contribution is 0.0904. The van der Waals surface area contributed by atoms with Crippen molar-refractivity contribution in [3.8, 4) is 0 Å². The topological polar surface area (TPSA) is 43.1 Å². The maximum atomic E-state index is 13.7. The van der Waals surface area contributed by atoms with Crippen LogP contribution in [-0.4, -0.2) is 5.78 Å². The van der Waals surface area contributed by atoms with E-state index in [4.69, 9.17) is 5.73 Å². The molecule has 0 fully saturated rings. The van der Waals surface area contributed by atoms with Crippen LogP contribution in [0.15, 0.2) is 42.5 Å². The van der Waals surface area contributed by atoms with Crippen LogP contribution < -0.4 is 5.73 Å². The number of rotatable bonds is 3. The van der Waals surface area contributed by atoms with E-state index in [1.807, 2.05) is 0 Å². The molecule has 0 amide bonds. The molecule has 0 aliphatic heterocycles. The smallest absolute Gasteiger partial charge is 0.175 e. The molecule has 2 aromatic carbocycles. The van der Waals surface area contributed by atoms with E-state index >= 15 is 0 Å². The molecule has 4 heteroatoms. The van der Waals surface area contributed by atoms with Gasteiger partial charge in [0.05, 0.1) is 11.0 Å². The van der Waals surface area contributed by atoms with Crippen molar-refractivity contribution in [2.45, 2.75) is 19.3 Å². The summed E-state index contributed by atoms with van der Waals surface area (Å²) in [5.74, 6) is -1.96. The predicted molar refractivity (Wildman–Crippen MR) is 74.6 cm³/mol. The molecule has 2 nitrogen and oxygen atoms in total. The van der Waals surface area contributed by atoms with Gasteiger partial charge in [-0.15, -0.1) is 0 Å². The highest BCUT2D eigenvalue weighted by atomic mass is 19.1. The van der Waals surface area contributed by atoms with Crippen LogP contribution in [0.3, 0.4) is 0 Å². The first kappa shape index (κ1) is 14.2. The minimum absolute atomic E-state index is 0.117. The summed E-state index contributed by atoms with van der Waals surface area (Å²) in [5, 5.41) is 0. The zero-order valence-corrected chi connectivity index (χ0v) is 11.3. The lowest BCUT2D eigenvalue weighted by Crippen LogP contribution is -2.30. The number of halogens is 2. The molecule has 2 rings (SSSR count). The maximum Gasteiger partial charge on any atom is 0.175 e. The van der Waals surface area contributed by atoms with Gasteiger partial charge in [-0.3, -0.25) is 4.79 Å². The molecular formula is C16H15F2NO. The second kappa shape index (κ2) is 5.04. The van der Waals surface area contributed by atoms with Gasteiger partial charge in [0.25, 0.3) is 0 Å². The number of hydrogen-bond donors (Lipinski definition) is 1. The normalized spacial score (nSPS) is 11.4. The number of carbonyl (C=O) groups excluding carboxylic acids is 1. The molecule has 0 radical (unpaired) electrons. The summed E-state index contributed by atoms with van der Waals surface area (Å²) >= 11 is 0. The molecule has 0 aliphatic rings. The molecule has 0 heterocycles. The van der Waals surface area contributed by atoms with Gasteiger partial charge in [-0.25, -0.2) is 8.78 Å². The van der Waals surface area contributed by atoms with Crippen molar-refractivity contribution < 1.29 is 13.6 Å². The van der Waals surface area contributed by atoms with Crippen molar-refractivity contribution in [2.75, 3.05) is 5.73 Å². The second-order valence-electron chi connectivity index (χ2n) is 5.20. The summed E-state index contributed by atoms with van der Waals surface area (Å²) in [5.41, 5.74) is 5.88. The molecule has 0 bridgehead atoms. The number of carbonyl (C=O) groups is 1. The van der Waals surface area contributed by atoms with Crippen molar-refractivity contribution in [3.63, 3.8) is 0 Å². The Labute approximate surface area is 116 Å². The number of anilines is 1. The largest absolute Gasteiger partial charge is 0.399 e. The molecular weight excluding hydrogens is 260 g/mol. The van der Waals surface area contributed by atoms with Crippen molar-refractivity contribution in [3.05, 3.63) is 65.2 Å². The average Bonchev–Trinajstić information content (AvgIpc) is 2.38. The third kappa shape index (κ3) is 2.54. The molecule has 0 unspecified atom stereocenters. The molecule has 0 spiro atoms. The van der Waals surface area contributed by atoms with Crippen LogP contribution in [0.25, 0.3) is 0 Å². The van der Waals surface area contributed by atoms with E-state index in [9.17, 15) is 13.6 Å². The molecule has 2 N–H and O–H groups in total.